The number of benzene rings is 2. The number of aryl methyl sites for hydroxylation is 1. The number of halogens is 3. The Morgan fingerprint density at radius 1 is 1.12 bits per heavy atom. The van der Waals surface area contributed by atoms with Crippen molar-refractivity contribution in [2.45, 2.75) is 24.4 Å². The Morgan fingerprint density at radius 2 is 1.85 bits per heavy atom. The summed E-state index contributed by atoms with van der Waals surface area (Å²) >= 11 is 0. The first-order valence-electron chi connectivity index (χ1n) is 9.91. The number of hydrogen-bond acceptors (Lipinski definition) is 5. The van der Waals surface area contributed by atoms with Gasteiger partial charge in [0.2, 0.25) is 0 Å². The molecule has 0 fully saturated rings. The first-order valence-corrected chi connectivity index (χ1v) is 11.4. The molecule has 8 nitrogen and oxygen atoms in total. The molecule has 0 spiro atoms. The lowest BCUT2D eigenvalue weighted by Crippen LogP contribution is -2.14. The van der Waals surface area contributed by atoms with Crippen molar-refractivity contribution >= 4 is 27.3 Å². The predicted molar refractivity (Wildman–Crippen MR) is 117 cm³/mol. The third-order valence-corrected chi connectivity index (χ3v) is 6.40. The Kier molecular flexibility index (Phi) is 5.77. The number of sulfonamides is 1. The Hall–Kier alpha value is -3.93. The molecule has 0 saturated heterocycles. The predicted octanol–water partition coefficient (Wildman–Crippen LogP) is 4.48. The number of nitrogens with one attached hydrogen (secondary N) is 1. The second kappa shape index (κ2) is 8.45. The molecule has 2 heterocycles. The molecule has 0 aliphatic heterocycles. The second-order valence-corrected chi connectivity index (χ2v) is 8.94. The molecule has 0 atom stereocenters. The lowest BCUT2D eigenvalue weighted by molar-refractivity contribution is -0.137. The van der Waals surface area contributed by atoms with E-state index in [2.05, 4.69) is 14.8 Å². The maximum absolute atomic E-state index is 13.0. The minimum absolute atomic E-state index is 0.0225. The fraction of sp³-hybridized carbons (Fsp3) is 0.136. The zero-order valence-corrected chi connectivity index (χ0v) is 18.4. The molecule has 176 valence electrons. The van der Waals surface area contributed by atoms with Crippen LogP contribution in [0.25, 0.3) is 16.9 Å². The molecule has 4 rings (SSSR count). The van der Waals surface area contributed by atoms with Crippen LogP contribution in [-0.4, -0.2) is 34.1 Å². The SMILES string of the molecule is CCc1nn2c(-c3cccc(NS(=O)(=O)c4cccc(C(F)(F)F)c4)c3)ccnc2c1C(=O)O. The van der Waals surface area contributed by atoms with Gasteiger partial charge >= 0.3 is 12.1 Å². The first-order chi connectivity index (χ1) is 16.0. The molecule has 34 heavy (non-hydrogen) atoms. The molecule has 0 aliphatic rings. The van der Waals surface area contributed by atoms with Gasteiger partial charge in [-0.2, -0.15) is 18.3 Å². The van der Waals surface area contributed by atoms with Crippen molar-refractivity contribution in [3.8, 4) is 11.3 Å². The van der Waals surface area contributed by atoms with Gasteiger partial charge in [-0.15, -0.1) is 0 Å². The molecule has 12 heteroatoms. The van der Waals surface area contributed by atoms with E-state index in [9.17, 15) is 31.5 Å². The lowest BCUT2D eigenvalue weighted by atomic mass is 10.1. The van der Waals surface area contributed by atoms with E-state index in [0.717, 1.165) is 18.2 Å². The molecule has 0 aliphatic carbocycles. The van der Waals surface area contributed by atoms with Gasteiger partial charge in [0.15, 0.2) is 5.65 Å². The number of alkyl halides is 3. The van der Waals surface area contributed by atoms with Crippen molar-refractivity contribution in [3.63, 3.8) is 0 Å². The van der Waals surface area contributed by atoms with Crippen molar-refractivity contribution < 1.29 is 31.5 Å². The number of hydrogen-bond donors (Lipinski definition) is 2. The fourth-order valence-corrected chi connectivity index (χ4v) is 4.56. The van der Waals surface area contributed by atoms with Crippen LogP contribution in [0.2, 0.25) is 0 Å². The number of nitrogens with zero attached hydrogens (tertiary/aromatic N) is 3. The van der Waals surface area contributed by atoms with Crippen LogP contribution in [0.4, 0.5) is 18.9 Å². The highest BCUT2D eigenvalue weighted by Gasteiger charge is 2.31. The number of fused-ring (bicyclic) bond motifs is 1. The molecule has 2 aromatic carbocycles. The first kappa shape index (κ1) is 23.2. The number of aromatic carboxylic acids is 1. The average molecular weight is 490 g/mol. The van der Waals surface area contributed by atoms with Crippen LogP contribution in [0.15, 0.2) is 65.7 Å². The highest BCUT2D eigenvalue weighted by atomic mass is 32.2. The number of aromatic nitrogens is 3. The van der Waals surface area contributed by atoms with E-state index in [0.29, 0.717) is 29.4 Å². The topological polar surface area (TPSA) is 114 Å². The summed E-state index contributed by atoms with van der Waals surface area (Å²) in [6.07, 6.45) is -2.91. The smallest absolute Gasteiger partial charge is 0.416 e. The van der Waals surface area contributed by atoms with E-state index in [4.69, 9.17) is 0 Å². The van der Waals surface area contributed by atoms with Gasteiger partial charge in [0.25, 0.3) is 10.0 Å². The van der Waals surface area contributed by atoms with Crippen molar-refractivity contribution in [1.82, 2.24) is 14.6 Å². The molecule has 0 amide bonds. The molecular formula is C22H17F3N4O4S. The minimum atomic E-state index is -4.69. The quantitative estimate of drug-likeness (QED) is 0.412. The van der Waals surface area contributed by atoms with Crippen LogP contribution in [-0.2, 0) is 22.6 Å². The van der Waals surface area contributed by atoms with Gasteiger partial charge < -0.3 is 5.11 Å². The Balaban J connectivity index is 1.74. The van der Waals surface area contributed by atoms with Crippen molar-refractivity contribution in [2.75, 3.05) is 4.72 Å². The number of carboxylic acids is 1. The van der Waals surface area contributed by atoms with Gasteiger partial charge in [-0.05, 0) is 42.8 Å². The van der Waals surface area contributed by atoms with E-state index in [1.807, 2.05) is 0 Å². The number of carbonyl (C=O) groups is 1. The number of anilines is 1. The molecule has 0 bridgehead atoms. The van der Waals surface area contributed by atoms with Crippen LogP contribution in [0.1, 0.15) is 28.5 Å². The zero-order chi connectivity index (χ0) is 24.7. The molecule has 0 saturated carbocycles. The Bertz CT molecular complexity index is 1510. The largest absolute Gasteiger partial charge is 0.477 e. The third-order valence-electron chi connectivity index (χ3n) is 5.02. The van der Waals surface area contributed by atoms with E-state index in [1.165, 1.54) is 22.8 Å². The van der Waals surface area contributed by atoms with E-state index >= 15 is 0 Å². The number of carboxylic acid groups (broad SMARTS) is 1. The maximum atomic E-state index is 13.0. The summed E-state index contributed by atoms with van der Waals surface area (Å²) in [5.74, 6) is -1.17. The Labute approximate surface area is 191 Å². The molecule has 2 aromatic heterocycles. The highest BCUT2D eigenvalue weighted by Crippen LogP contribution is 2.31. The van der Waals surface area contributed by atoms with Crippen molar-refractivity contribution in [2.24, 2.45) is 0 Å². The summed E-state index contributed by atoms with van der Waals surface area (Å²) in [5, 5.41) is 13.9. The fourth-order valence-electron chi connectivity index (χ4n) is 3.47. The third kappa shape index (κ3) is 4.31. The molecule has 2 N–H and O–H groups in total. The monoisotopic (exact) mass is 490 g/mol. The lowest BCUT2D eigenvalue weighted by Gasteiger charge is -2.12. The summed E-state index contributed by atoms with van der Waals surface area (Å²) in [6, 6.07) is 11.1. The summed E-state index contributed by atoms with van der Waals surface area (Å²) in [7, 11) is -4.32. The zero-order valence-electron chi connectivity index (χ0n) is 17.5. The molecule has 0 unspecified atom stereocenters. The van der Waals surface area contributed by atoms with Gasteiger partial charge in [-0.3, -0.25) is 4.72 Å². The molecule has 0 radical (unpaired) electrons. The van der Waals surface area contributed by atoms with Gasteiger partial charge in [0.1, 0.15) is 5.56 Å². The van der Waals surface area contributed by atoms with Gasteiger partial charge in [-0.25, -0.2) is 22.7 Å². The van der Waals surface area contributed by atoms with Crippen LogP contribution < -0.4 is 4.72 Å². The summed E-state index contributed by atoms with van der Waals surface area (Å²) in [6.45, 7) is 1.76. The van der Waals surface area contributed by atoms with E-state index in [1.54, 1.807) is 25.1 Å². The van der Waals surface area contributed by atoms with E-state index in [-0.39, 0.29) is 16.9 Å². The average Bonchev–Trinajstić information content (AvgIpc) is 3.17. The second-order valence-electron chi connectivity index (χ2n) is 7.26. The summed E-state index contributed by atoms with van der Waals surface area (Å²) in [5.41, 5.74) is 0.409. The standard InChI is InChI=1S/C22H17F3N4O4S/c1-2-17-19(21(30)31)20-26-10-9-18(29(20)27-17)13-5-3-7-15(11-13)28-34(32,33)16-8-4-6-14(12-16)22(23,24)25/h3-12,28H,2H2,1H3,(H,30,31). The summed E-state index contributed by atoms with van der Waals surface area (Å²) < 4.78 is 68.1. The molecular weight excluding hydrogens is 473 g/mol. The minimum Gasteiger partial charge on any atom is -0.477 e. The number of rotatable bonds is 6. The summed E-state index contributed by atoms with van der Waals surface area (Å²) in [4.78, 5) is 15.3. The van der Waals surface area contributed by atoms with Crippen molar-refractivity contribution in [1.29, 1.82) is 0 Å². The van der Waals surface area contributed by atoms with Gasteiger partial charge in [-0.1, -0.05) is 25.1 Å². The Morgan fingerprint density at radius 3 is 2.53 bits per heavy atom. The maximum Gasteiger partial charge on any atom is 0.416 e. The van der Waals surface area contributed by atoms with Crippen LogP contribution in [0.3, 0.4) is 0 Å². The van der Waals surface area contributed by atoms with E-state index < -0.39 is 32.6 Å². The van der Waals surface area contributed by atoms with Crippen molar-refractivity contribution in [3.05, 3.63) is 77.6 Å². The molecule has 4 aromatic rings. The van der Waals surface area contributed by atoms with Gasteiger partial charge in [0.05, 0.1) is 21.8 Å². The van der Waals surface area contributed by atoms with Crippen LogP contribution in [0.5, 0.6) is 0 Å². The van der Waals surface area contributed by atoms with Crippen LogP contribution >= 0.6 is 0 Å². The normalized spacial score (nSPS) is 12.1. The van der Waals surface area contributed by atoms with Crippen LogP contribution in [0, 0.1) is 0 Å². The highest BCUT2D eigenvalue weighted by molar-refractivity contribution is 7.92. The van der Waals surface area contributed by atoms with Gasteiger partial charge in [0, 0.05) is 17.4 Å².